The van der Waals surface area contributed by atoms with E-state index in [1.54, 1.807) is 0 Å². The zero-order valence-corrected chi connectivity index (χ0v) is 19.3. The largest absolute Gasteiger partial charge is 0.465 e. The molecule has 1 rings (SSSR count). The molecular weight excluding hydrogens is 356 g/mol. The van der Waals surface area contributed by atoms with Crippen molar-refractivity contribution in [2.75, 3.05) is 6.61 Å². The third-order valence-corrected chi connectivity index (χ3v) is 5.89. The first-order valence-corrected chi connectivity index (χ1v) is 12.5. The van der Waals surface area contributed by atoms with Crippen molar-refractivity contribution in [2.45, 2.75) is 122 Å². The molecule has 0 bridgehead atoms. The summed E-state index contributed by atoms with van der Waals surface area (Å²) >= 11 is 0. The van der Waals surface area contributed by atoms with Gasteiger partial charge in [-0.25, -0.2) is 0 Å². The van der Waals surface area contributed by atoms with Crippen LogP contribution in [0, 0.1) is 0 Å². The molecule has 0 aromatic heterocycles. The van der Waals surface area contributed by atoms with Crippen molar-refractivity contribution >= 4 is 5.97 Å². The maximum Gasteiger partial charge on any atom is 0.313 e. The minimum absolute atomic E-state index is 0.0657. The molecule has 1 aromatic carbocycles. The van der Waals surface area contributed by atoms with Gasteiger partial charge in [0, 0.05) is 0 Å². The van der Waals surface area contributed by atoms with Crippen LogP contribution in [0.5, 0.6) is 0 Å². The van der Waals surface area contributed by atoms with Gasteiger partial charge in [-0.05, 0) is 18.4 Å². The average molecular weight is 403 g/mol. The van der Waals surface area contributed by atoms with Crippen molar-refractivity contribution in [3.05, 3.63) is 35.9 Å². The standard InChI is InChI=1S/C27H46O2/c1-3-5-6-7-8-9-10-11-12-13-14-15-16-17-21-24-29-27(28)26(4-2)25-22-19-18-20-23-25/h18-20,22-23,26H,3-17,21,24H2,1-2H3. The minimum atomic E-state index is -0.118. The molecule has 0 fully saturated rings. The zero-order chi connectivity index (χ0) is 21.0. The molecule has 0 saturated carbocycles. The minimum Gasteiger partial charge on any atom is -0.465 e. The molecule has 1 aromatic rings. The topological polar surface area (TPSA) is 26.3 Å². The fraction of sp³-hybridized carbons (Fsp3) is 0.741. The molecule has 2 heteroatoms. The maximum atomic E-state index is 12.3. The van der Waals surface area contributed by atoms with E-state index in [1.165, 1.54) is 89.9 Å². The van der Waals surface area contributed by atoms with Crippen LogP contribution in [0.1, 0.15) is 128 Å². The summed E-state index contributed by atoms with van der Waals surface area (Å²) in [5, 5.41) is 0. The van der Waals surface area contributed by atoms with E-state index in [-0.39, 0.29) is 11.9 Å². The molecule has 0 aliphatic carbocycles. The second-order valence-corrected chi connectivity index (χ2v) is 8.49. The number of rotatable bonds is 19. The predicted octanol–water partition coefficient (Wildman–Crippen LogP) is 8.59. The Morgan fingerprint density at radius 3 is 1.59 bits per heavy atom. The first-order chi connectivity index (χ1) is 14.3. The van der Waals surface area contributed by atoms with E-state index in [0.29, 0.717) is 6.61 Å². The lowest BCUT2D eigenvalue weighted by molar-refractivity contribution is -0.145. The summed E-state index contributed by atoms with van der Waals surface area (Å²) in [6.45, 7) is 4.90. The van der Waals surface area contributed by atoms with Crippen LogP contribution in [0.25, 0.3) is 0 Å². The second kappa shape index (κ2) is 18.7. The summed E-state index contributed by atoms with van der Waals surface area (Å²) in [7, 11) is 0. The van der Waals surface area contributed by atoms with Crippen molar-refractivity contribution in [1.82, 2.24) is 0 Å². The van der Waals surface area contributed by atoms with Gasteiger partial charge in [-0.3, -0.25) is 4.79 Å². The van der Waals surface area contributed by atoms with Crippen LogP contribution >= 0.6 is 0 Å². The van der Waals surface area contributed by atoms with Crippen molar-refractivity contribution in [2.24, 2.45) is 0 Å². The van der Waals surface area contributed by atoms with Crippen LogP contribution in [-0.2, 0) is 9.53 Å². The van der Waals surface area contributed by atoms with Crippen molar-refractivity contribution in [1.29, 1.82) is 0 Å². The summed E-state index contributed by atoms with van der Waals surface area (Å²) in [5.74, 6) is -0.184. The number of benzene rings is 1. The molecule has 29 heavy (non-hydrogen) atoms. The fourth-order valence-electron chi connectivity index (χ4n) is 3.97. The van der Waals surface area contributed by atoms with Crippen molar-refractivity contribution < 1.29 is 9.53 Å². The Labute approximate surface area is 180 Å². The summed E-state index contributed by atoms with van der Waals surface area (Å²) in [6, 6.07) is 9.99. The van der Waals surface area contributed by atoms with Gasteiger partial charge >= 0.3 is 5.97 Å². The van der Waals surface area contributed by atoms with E-state index in [2.05, 4.69) is 6.92 Å². The fourth-order valence-corrected chi connectivity index (χ4v) is 3.97. The smallest absolute Gasteiger partial charge is 0.313 e. The second-order valence-electron chi connectivity index (χ2n) is 8.49. The normalized spacial score (nSPS) is 12.1. The molecule has 0 amide bonds. The van der Waals surface area contributed by atoms with Gasteiger partial charge in [0.1, 0.15) is 0 Å². The molecule has 166 valence electrons. The van der Waals surface area contributed by atoms with Crippen LogP contribution in [0.2, 0.25) is 0 Å². The monoisotopic (exact) mass is 402 g/mol. The van der Waals surface area contributed by atoms with Gasteiger partial charge < -0.3 is 4.74 Å². The number of carbonyl (C=O) groups is 1. The van der Waals surface area contributed by atoms with Gasteiger partial charge in [-0.1, -0.05) is 134 Å². The predicted molar refractivity (Wildman–Crippen MR) is 125 cm³/mol. The highest BCUT2D eigenvalue weighted by Gasteiger charge is 2.19. The van der Waals surface area contributed by atoms with Gasteiger partial charge in [0.25, 0.3) is 0 Å². The molecule has 0 aliphatic rings. The van der Waals surface area contributed by atoms with Crippen LogP contribution < -0.4 is 0 Å². The number of hydrogen-bond acceptors (Lipinski definition) is 2. The number of hydrogen-bond donors (Lipinski definition) is 0. The lowest BCUT2D eigenvalue weighted by atomic mass is 9.97. The summed E-state index contributed by atoms with van der Waals surface area (Å²) in [6.07, 6.45) is 21.1. The maximum absolute atomic E-state index is 12.3. The summed E-state index contributed by atoms with van der Waals surface area (Å²) < 4.78 is 5.52. The third-order valence-electron chi connectivity index (χ3n) is 5.89. The highest BCUT2D eigenvalue weighted by Crippen LogP contribution is 2.21. The van der Waals surface area contributed by atoms with Gasteiger partial charge in [0.05, 0.1) is 12.5 Å². The Morgan fingerprint density at radius 2 is 1.14 bits per heavy atom. The SMILES string of the molecule is CCCCCCCCCCCCCCCCCOC(=O)C(CC)c1ccccc1. The molecule has 0 heterocycles. The van der Waals surface area contributed by atoms with Crippen LogP contribution in [0.3, 0.4) is 0 Å². The molecule has 2 nitrogen and oxygen atoms in total. The van der Waals surface area contributed by atoms with E-state index in [9.17, 15) is 4.79 Å². The first kappa shape index (κ1) is 25.7. The van der Waals surface area contributed by atoms with E-state index in [1.807, 2.05) is 37.3 Å². The highest BCUT2D eigenvalue weighted by atomic mass is 16.5. The van der Waals surface area contributed by atoms with E-state index in [0.717, 1.165) is 18.4 Å². The van der Waals surface area contributed by atoms with Crippen LogP contribution in [-0.4, -0.2) is 12.6 Å². The molecule has 0 N–H and O–H groups in total. The van der Waals surface area contributed by atoms with Crippen molar-refractivity contribution in [3.63, 3.8) is 0 Å². The Hall–Kier alpha value is -1.31. The Bertz CT molecular complexity index is 483. The third kappa shape index (κ3) is 13.5. The lowest BCUT2D eigenvalue weighted by Crippen LogP contribution is -2.16. The van der Waals surface area contributed by atoms with E-state index >= 15 is 0 Å². The Balaban J connectivity index is 1.88. The molecule has 0 radical (unpaired) electrons. The Kier molecular flexibility index (Phi) is 16.6. The van der Waals surface area contributed by atoms with E-state index in [4.69, 9.17) is 4.74 Å². The number of carbonyl (C=O) groups excluding carboxylic acids is 1. The van der Waals surface area contributed by atoms with Crippen LogP contribution in [0.15, 0.2) is 30.3 Å². The molecule has 0 aliphatic heterocycles. The van der Waals surface area contributed by atoms with Gasteiger partial charge in [0.15, 0.2) is 0 Å². The van der Waals surface area contributed by atoms with Gasteiger partial charge in [0.2, 0.25) is 0 Å². The number of ether oxygens (including phenoxy) is 1. The Morgan fingerprint density at radius 1 is 0.690 bits per heavy atom. The van der Waals surface area contributed by atoms with Gasteiger partial charge in [-0.2, -0.15) is 0 Å². The average Bonchev–Trinajstić information content (AvgIpc) is 2.74. The quantitative estimate of drug-likeness (QED) is 0.171. The van der Waals surface area contributed by atoms with Crippen LogP contribution in [0.4, 0.5) is 0 Å². The summed E-state index contributed by atoms with van der Waals surface area (Å²) in [4.78, 5) is 12.3. The zero-order valence-electron chi connectivity index (χ0n) is 19.3. The van der Waals surface area contributed by atoms with Crippen molar-refractivity contribution in [3.8, 4) is 0 Å². The number of unbranched alkanes of at least 4 members (excludes halogenated alkanes) is 14. The first-order valence-electron chi connectivity index (χ1n) is 12.5. The molecular formula is C27H46O2. The molecule has 0 spiro atoms. The lowest BCUT2D eigenvalue weighted by Gasteiger charge is -2.14. The molecule has 1 atom stereocenters. The summed E-state index contributed by atoms with van der Waals surface area (Å²) in [5.41, 5.74) is 1.07. The molecule has 0 saturated heterocycles. The molecule has 1 unspecified atom stereocenters. The number of esters is 1. The van der Waals surface area contributed by atoms with Gasteiger partial charge in [-0.15, -0.1) is 0 Å². The van der Waals surface area contributed by atoms with E-state index < -0.39 is 0 Å². The highest BCUT2D eigenvalue weighted by molar-refractivity contribution is 5.78.